The molecular weight excluding hydrogens is 360 g/mol. The van der Waals surface area contributed by atoms with Gasteiger partial charge >= 0.3 is 0 Å². The van der Waals surface area contributed by atoms with Crippen LogP contribution in [0.3, 0.4) is 0 Å². The molecule has 2 aromatic carbocycles. The van der Waals surface area contributed by atoms with Crippen LogP contribution in [0.5, 0.6) is 5.75 Å². The summed E-state index contributed by atoms with van der Waals surface area (Å²) in [6.45, 7) is 3.91. The highest BCUT2D eigenvalue weighted by molar-refractivity contribution is 7.89. The first-order valence-electron chi connectivity index (χ1n) is 9.46. The molecule has 6 heteroatoms. The van der Waals surface area contributed by atoms with Crippen LogP contribution in [0.15, 0.2) is 53.4 Å². The quantitative estimate of drug-likeness (QED) is 0.792. The van der Waals surface area contributed by atoms with Crippen molar-refractivity contribution in [3.8, 4) is 5.75 Å². The van der Waals surface area contributed by atoms with Crippen LogP contribution >= 0.6 is 0 Å². The third-order valence-corrected chi connectivity index (χ3v) is 7.45. The predicted octanol–water partition coefficient (Wildman–Crippen LogP) is 3.21. The van der Waals surface area contributed by atoms with Crippen molar-refractivity contribution < 1.29 is 13.2 Å². The molecule has 2 fully saturated rings. The van der Waals surface area contributed by atoms with E-state index >= 15 is 0 Å². The van der Waals surface area contributed by atoms with E-state index in [1.807, 2.05) is 43.3 Å². The standard InChI is InChI=1S/C21H26N2O3S/c1-16-8-11-20(26-2)21(14-16)27(24,25)23-13-12-22(18-9-10-18)15-19(23)17-6-4-3-5-7-17/h3-8,11,14,18-19H,9-10,12-13,15H2,1-2H3. The van der Waals surface area contributed by atoms with E-state index in [1.54, 1.807) is 16.4 Å². The highest BCUT2D eigenvalue weighted by Crippen LogP contribution is 2.38. The Balaban J connectivity index is 1.74. The minimum atomic E-state index is -3.67. The first-order valence-corrected chi connectivity index (χ1v) is 10.9. The molecule has 0 aromatic heterocycles. The van der Waals surface area contributed by atoms with Crippen LogP contribution in [0.1, 0.15) is 30.0 Å². The van der Waals surface area contributed by atoms with Crippen molar-refractivity contribution in [1.29, 1.82) is 0 Å². The van der Waals surface area contributed by atoms with Gasteiger partial charge in [-0.1, -0.05) is 36.4 Å². The molecule has 0 spiro atoms. The zero-order valence-electron chi connectivity index (χ0n) is 15.8. The molecule has 0 bridgehead atoms. The fraction of sp³-hybridized carbons (Fsp3) is 0.429. The Morgan fingerprint density at radius 1 is 1.04 bits per heavy atom. The molecule has 2 aliphatic rings. The topological polar surface area (TPSA) is 49.9 Å². The summed E-state index contributed by atoms with van der Waals surface area (Å²) >= 11 is 0. The van der Waals surface area contributed by atoms with Crippen LogP contribution in [0.4, 0.5) is 0 Å². The second kappa shape index (κ2) is 7.26. The van der Waals surface area contributed by atoms with Crippen molar-refractivity contribution in [2.75, 3.05) is 26.7 Å². The van der Waals surface area contributed by atoms with Crippen molar-refractivity contribution >= 4 is 10.0 Å². The van der Waals surface area contributed by atoms with E-state index in [2.05, 4.69) is 4.90 Å². The Bertz CT molecular complexity index is 910. The molecule has 1 aliphatic carbocycles. The Hall–Kier alpha value is -1.89. The van der Waals surface area contributed by atoms with Crippen LogP contribution in [-0.4, -0.2) is 50.4 Å². The highest BCUT2D eigenvalue weighted by Gasteiger charge is 2.41. The van der Waals surface area contributed by atoms with E-state index in [0.29, 0.717) is 18.3 Å². The lowest BCUT2D eigenvalue weighted by Gasteiger charge is -2.41. The van der Waals surface area contributed by atoms with E-state index < -0.39 is 10.0 Å². The van der Waals surface area contributed by atoms with Crippen LogP contribution in [0.25, 0.3) is 0 Å². The highest BCUT2D eigenvalue weighted by atomic mass is 32.2. The molecular formula is C21H26N2O3S. The number of rotatable bonds is 5. The van der Waals surface area contributed by atoms with E-state index in [-0.39, 0.29) is 10.9 Å². The molecule has 1 saturated carbocycles. The number of piperazine rings is 1. The summed E-state index contributed by atoms with van der Waals surface area (Å²) in [5.41, 5.74) is 1.94. The van der Waals surface area contributed by atoms with Gasteiger partial charge in [0.15, 0.2) is 0 Å². The van der Waals surface area contributed by atoms with Gasteiger partial charge in [-0.3, -0.25) is 4.90 Å². The third kappa shape index (κ3) is 3.61. The fourth-order valence-electron chi connectivity index (χ4n) is 3.91. The maximum atomic E-state index is 13.6. The van der Waals surface area contributed by atoms with Gasteiger partial charge in [0.2, 0.25) is 10.0 Å². The third-order valence-electron chi connectivity index (χ3n) is 5.52. The van der Waals surface area contributed by atoms with Gasteiger partial charge in [-0.25, -0.2) is 8.42 Å². The molecule has 0 N–H and O–H groups in total. The number of hydrogen-bond acceptors (Lipinski definition) is 4. The summed E-state index contributed by atoms with van der Waals surface area (Å²) in [5, 5.41) is 0. The van der Waals surface area contributed by atoms with Gasteiger partial charge < -0.3 is 4.74 Å². The number of nitrogens with zero attached hydrogens (tertiary/aromatic N) is 2. The molecule has 4 rings (SSSR count). The van der Waals surface area contributed by atoms with Gasteiger partial charge in [-0.15, -0.1) is 0 Å². The smallest absolute Gasteiger partial charge is 0.247 e. The van der Waals surface area contributed by atoms with Gasteiger partial charge in [0, 0.05) is 25.7 Å². The number of aryl methyl sites for hydroxylation is 1. The molecule has 1 atom stereocenters. The number of sulfonamides is 1. The molecule has 1 aliphatic heterocycles. The molecule has 1 saturated heterocycles. The summed E-state index contributed by atoms with van der Waals surface area (Å²) < 4.78 is 34.3. The summed E-state index contributed by atoms with van der Waals surface area (Å²) in [7, 11) is -2.15. The number of benzene rings is 2. The second-order valence-electron chi connectivity index (χ2n) is 7.42. The number of hydrogen-bond donors (Lipinski definition) is 0. The first-order chi connectivity index (χ1) is 13.0. The monoisotopic (exact) mass is 386 g/mol. The molecule has 5 nitrogen and oxygen atoms in total. The van der Waals surface area contributed by atoms with Crippen LogP contribution in [0.2, 0.25) is 0 Å². The maximum absolute atomic E-state index is 13.6. The molecule has 0 amide bonds. The fourth-order valence-corrected chi connectivity index (χ4v) is 5.74. The minimum absolute atomic E-state index is 0.184. The van der Waals surface area contributed by atoms with E-state index in [4.69, 9.17) is 4.74 Å². The lowest BCUT2D eigenvalue weighted by molar-refractivity contribution is 0.128. The Morgan fingerprint density at radius 2 is 1.78 bits per heavy atom. The van der Waals surface area contributed by atoms with Crippen molar-refractivity contribution in [2.45, 2.75) is 36.7 Å². The van der Waals surface area contributed by atoms with E-state index in [1.165, 1.54) is 20.0 Å². The summed E-state index contributed by atoms with van der Waals surface area (Å²) in [4.78, 5) is 2.70. The largest absolute Gasteiger partial charge is 0.495 e. The van der Waals surface area contributed by atoms with Gasteiger partial charge in [0.25, 0.3) is 0 Å². The molecule has 144 valence electrons. The molecule has 0 radical (unpaired) electrons. The zero-order chi connectivity index (χ0) is 19.0. The van der Waals surface area contributed by atoms with Crippen molar-refractivity contribution in [3.63, 3.8) is 0 Å². The predicted molar refractivity (Wildman–Crippen MR) is 105 cm³/mol. The van der Waals surface area contributed by atoms with Gasteiger partial charge in [-0.2, -0.15) is 4.31 Å². The Labute approximate surface area is 161 Å². The number of ether oxygens (including phenoxy) is 1. The van der Waals surface area contributed by atoms with Crippen molar-refractivity contribution in [3.05, 3.63) is 59.7 Å². The van der Waals surface area contributed by atoms with E-state index in [9.17, 15) is 8.42 Å². The molecule has 1 unspecified atom stereocenters. The normalized spacial score (nSPS) is 21.9. The Morgan fingerprint density at radius 3 is 2.44 bits per heavy atom. The zero-order valence-corrected chi connectivity index (χ0v) is 16.7. The summed E-state index contributed by atoms with van der Waals surface area (Å²) in [6, 6.07) is 15.7. The second-order valence-corrected chi connectivity index (χ2v) is 9.28. The number of methoxy groups -OCH3 is 1. The van der Waals surface area contributed by atoms with Crippen molar-refractivity contribution in [1.82, 2.24) is 9.21 Å². The minimum Gasteiger partial charge on any atom is -0.495 e. The molecule has 2 aromatic rings. The molecule has 1 heterocycles. The van der Waals surface area contributed by atoms with Gasteiger partial charge in [0.1, 0.15) is 10.6 Å². The Kier molecular flexibility index (Phi) is 4.97. The van der Waals surface area contributed by atoms with Crippen LogP contribution in [0, 0.1) is 6.92 Å². The average Bonchev–Trinajstić information content (AvgIpc) is 3.53. The lowest BCUT2D eigenvalue weighted by atomic mass is 10.0. The van der Waals surface area contributed by atoms with Crippen LogP contribution < -0.4 is 4.74 Å². The van der Waals surface area contributed by atoms with Crippen LogP contribution in [-0.2, 0) is 10.0 Å². The average molecular weight is 387 g/mol. The molecule has 27 heavy (non-hydrogen) atoms. The lowest BCUT2D eigenvalue weighted by Crippen LogP contribution is -2.51. The summed E-state index contributed by atoms with van der Waals surface area (Å²) in [6.07, 6.45) is 2.44. The van der Waals surface area contributed by atoms with E-state index in [0.717, 1.165) is 24.2 Å². The maximum Gasteiger partial charge on any atom is 0.247 e. The SMILES string of the molecule is COc1ccc(C)cc1S(=O)(=O)N1CCN(C2CC2)CC1c1ccccc1. The van der Waals surface area contributed by atoms with Crippen molar-refractivity contribution in [2.24, 2.45) is 0 Å². The summed E-state index contributed by atoms with van der Waals surface area (Å²) in [5.74, 6) is 0.400. The van der Waals surface area contributed by atoms with Gasteiger partial charge in [0.05, 0.1) is 13.2 Å². The van der Waals surface area contributed by atoms with Gasteiger partial charge in [-0.05, 0) is 43.0 Å². The first kappa shape index (κ1) is 18.5.